The highest BCUT2D eigenvalue weighted by atomic mass is 32.1. The Morgan fingerprint density at radius 1 is 1.35 bits per heavy atom. The van der Waals surface area contributed by atoms with E-state index in [1.807, 2.05) is 6.20 Å². The topological polar surface area (TPSA) is 41.1 Å². The van der Waals surface area contributed by atoms with E-state index in [0.29, 0.717) is 0 Å². The summed E-state index contributed by atoms with van der Waals surface area (Å²) < 4.78 is 0. The SMILES string of the molecule is CCCCNc1nc(-c2cnc(N3CCCC3)s2)cs1. The van der Waals surface area contributed by atoms with Crippen molar-refractivity contribution in [2.24, 2.45) is 0 Å². The van der Waals surface area contributed by atoms with Crippen molar-refractivity contribution in [2.75, 3.05) is 29.9 Å². The van der Waals surface area contributed by atoms with Crippen LogP contribution in [0.5, 0.6) is 0 Å². The van der Waals surface area contributed by atoms with E-state index in [-0.39, 0.29) is 0 Å². The van der Waals surface area contributed by atoms with Crippen LogP contribution in [0.3, 0.4) is 0 Å². The van der Waals surface area contributed by atoms with E-state index in [4.69, 9.17) is 0 Å². The number of rotatable bonds is 6. The Bertz CT molecular complexity index is 543. The first kappa shape index (κ1) is 13.8. The minimum absolute atomic E-state index is 1.01. The van der Waals surface area contributed by atoms with Gasteiger partial charge in [-0.3, -0.25) is 0 Å². The molecule has 2 aromatic heterocycles. The third-order valence-electron chi connectivity index (χ3n) is 3.43. The number of anilines is 2. The summed E-state index contributed by atoms with van der Waals surface area (Å²) in [6, 6.07) is 0. The Morgan fingerprint density at radius 3 is 3.00 bits per heavy atom. The highest BCUT2D eigenvalue weighted by Crippen LogP contribution is 2.34. The zero-order chi connectivity index (χ0) is 13.8. The summed E-state index contributed by atoms with van der Waals surface area (Å²) >= 11 is 3.44. The molecule has 4 nitrogen and oxygen atoms in total. The summed E-state index contributed by atoms with van der Waals surface area (Å²) in [5, 5.41) is 7.66. The van der Waals surface area contributed by atoms with Crippen LogP contribution in [0.1, 0.15) is 32.6 Å². The number of nitrogens with zero attached hydrogens (tertiary/aromatic N) is 3. The van der Waals surface area contributed by atoms with Gasteiger partial charge in [0.2, 0.25) is 0 Å². The van der Waals surface area contributed by atoms with Gasteiger partial charge in [-0.1, -0.05) is 24.7 Å². The van der Waals surface area contributed by atoms with Crippen LogP contribution in [0, 0.1) is 0 Å². The summed E-state index contributed by atoms with van der Waals surface area (Å²) in [5.41, 5.74) is 1.05. The summed E-state index contributed by atoms with van der Waals surface area (Å²) in [4.78, 5) is 12.7. The zero-order valence-corrected chi connectivity index (χ0v) is 13.4. The van der Waals surface area contributed by atoms with E-state index in [1.165, 1.54) is 30.6 Å². The van der Waals surface area contributed by atoms with Crippen molar-refractivity contribution in [1.29, 1.82) is 0 Å². The van der Waals surface area contributed by atoms with Crippen LogP contribution in [0.2, 0.25) is 0 Å². The average Bonchev–Trinajstić information content (AvgIpc) is 3.19. The first-order chi connectivity index (χ1) is 9.86. The molecular weight excluding hydrogens is 288 g/mol. The molecule has 0 bridgehead atoms. The van der Waals surface area contributed by atoms with E-state index >= 15 is 0 Å². The fourth-order valence-corrected chi connectivity index (χ4v) is 4.02. The molecule has 0 unspecified atom stereocenters. The van der Waals surface area contributed by atoms with E-state index < -0.39 is 0 Å². The molecule has 0 aromatic carbocycles. The summed E-state index contributed by atoms with van der Waals surface area (Å²) in [7, 11) is 0. The van der Waals surface area contributed by atoms with E-state index in [2.05, 4.69) is 32.5 Å². The molecule has 20 heavy (non-hydrogen) atoms. The highest BCUT2D eigenvalue weighted by Gasteiger charge is 2.17. The third kappa shape index (κ3) is 3.12. The van der Waals surface area contributed by atoms with Gasteiger partial charge in [-0.25, -0.2) is 9.97 Å². The Balaban J connectivity index is 1.66. The van der Waals surface area contributed by atoms with Gasteiger partial charge in [-0.2, -0.15) is 0 Å². The maximum atomic E-state index is 4.65. The van der Waals surface area contributed by atoms with Crippen molar-refractivity contribution in [3.8, 4) is 10.6 Å². The molecule has 2 aromatic rings. The van der Waals surface area contributed by atoms with Gasteiger partial charge in [-0.15, -0.1) is 11.3 Å². The first-order valence-electron chi connectivity index (χ1n) is 7.27. The highest BCUT2D eigenvalue weighted by molar-refractivity contribution is 7.19. The fourth-order valence-electron chi connectivity index (χ4n) is 2.28. The van der Waals surface area contributed by atoms with Gasteiger partial charge < -0.3 is 10.2 Å². The predicted molar refractivity (Wildman–Crippen MR) is 88.1 cm³/mol. The van der Waals surface area contributed by atoms with Crippen LogP contribution in [0.15, 0.2) is 11.6 Å². The van der Waals surface area contributed by atoms with Crippen LogP contribution in [-0.4, -0.2) is 29.6 Å². The van der Waals surface area contributed by atoms with Crippen LogP contribution >= 0.6 is 22.7 Å². The molecule has 3 heterocycles. The lowest BCUT2D eigenvalue weighted by atomic mass is 10.3. The standard InChI is InChI=1S/C14H20N4S2/c1-2-3-6-15-13-17-11(10-19-13)12-9-16-14(20-12)18-7-4-5-8-18/h9-10H,2-8H2,1H3,(H,15,17). The van der Waals surface area contributed by atoms with E-state index in [0.717, 1.165) is 35.6 Å². The summed E-state index contributed by atoms with van der Waals surface area (Å²) in [5.74, 6) is 0. The maximum Gasteiger partial charge on any atom is 0.185 e. The molecule has 1 aliphatic rings. The molecule has 0 radical (unpaired) electrons. The molecule has 108 valence electrons. The summed E-state index contributed by atoms with van der Waals surface area (Å²) in [6.45, 7) is 5.50. The van der Waals surface area contributed by atoms with Gasteiger partial charge in [-0.05, 0) is 19.3 Å². The van der Waals surface area contributed by atoms with Crippen LogP contribution < -0.4 is 10.2 Å². The lowest BCUT2D eigenvalue weighted by Gasteiger charge is -2.11. The number of hydrogen-bond donors (Lipinski definition) is 1. The zero-order valence-electron chi connectivity index (χ0n) is 11.8. The van der Waals surface area contributed by atoms with Gasteiger partial charge >= 0.3 is 0 Å². The number of aromatic nitrogens is 2. The normalized spacial score (nSPS) is 14.9. The molecule has 6 heteroatoms. The second-order valence-corrected chi connectivity index (χ2v) is 6.89. The van der Waals surface area contributed by atoms with Gasteiger partial charge in [0.1, 0.15) is 0 Å². The third-order valence-corrected chi connectivity index (χ3v) is 5.31. The maximum absolute atomic E-state index is 4.65. The van der Waals surface area contributed by atoms with Crippen molar-refractivity contribution in [3.63, 3.8) is 0 Å². The second kappa shape index (κ2) is 6.54. The van der Waals surface area contributed by atoms with Gasteiger partial charge in [0.05, 0.1) is 10.6 Å². The summed E-state index contributed by atoms with van der Waals surface area (Å²) in [6.07, 6.45) is 6.94. The quantitative estimate of drug-likeness (QED) is 0.816. The number of thiazole rings is 2. The van der Waals surface area contributed by atoms with Crippen molar-refractivity contribution < 1.29 is 0 Å². The molecule has 0 spiro atoms. The van der Waals surface area contributed by atoms with Crippen LogP contribution in [-0.2, 0) is 0 Å². The predicted octanol–water partition coefficient (Wildman–Crippen LogP) is 4.08. The second-order valence-electron chi connectivity index (χ2n) is 5.02. The van der Waals surface area contributed by atoms with E-state index in [9.17, 15) is 0 Å². The smallest absolute Gasteiger partial charge is 0.185 e. The largest absolute Gasteiger partial charge is 0.362 e. The number of nitrogens with one attached hydrogen (secondary N) is 1. The van der Waals surface area contributed by atoms with Crippen molar-refractivity contribution in [1.82, 2.24) is 9.97 Å². The molecule has 1 fully saturated rings. The molecule has 0 amide bonds. The molecule has 1 aliphatic heterocycles. The van der Waals surface area contributed by atoms with Crippen molar-refractivity contribution >= 4 is 32.9 Å². The Labute approximate surface area is 127 Å². The Morgan fingerprint density at radius 2 is 2.20 bits per heavy atom. The average molecular weight is 308 g/mol. The Kier molecular flexibility index (Phi) is 4.52. The molecule has 0 saturated carbocycles. The lowest BCUT2D eigenvalue weighted by molar-refractivity contribution is 0.833. The number of hydrogen-bond acceptors (Lipinski definition) is 6. The van der Waals surface area contributed by atoms with E-state index in [1.54, 1.807) is 22.7 Å². The molecule has 3 rings (SSSR count). The Hall–Kier alpha value is -1.14. The van der Waals surface area contributed by atoms with Crippen LogP contribution in [0.4, 0.5) is 10.3 Å². The minimum Gasteiger partial charge on any atom is -0.362 e. The van der Waals surface area contributed by atoms with Crippen molar-refractivity contribution in [2.45, 2.75) is 32.6 Å². The molecular formula is C14H20N4S2. The molecule has 0 atom stereocenters. The molecule has 1 N–H and O–H groups in total. The van der Waals surface area contributed by atoms with Gasteiger partial charge in [0.15, 0.2) is 10.3 Å². The molecule has 0 aliphatic carbocycles. The number of unbranched alkanes of at least 4 members (excludes halogenated alkanes) is 1. The van der Waals surface area contributed by atoms with Gasteiger partial charge in [0.25, 0.3) is 0 Å². The first-order valence-corrected chi connectivity index (χ1v) is 8.97. The monoisotopic (exact) mass is 308 g/mol. The minimum atomic E-state index is 1.01. The van der Waals surface area contributed by atoms with Gasteiger partial charge in [0, 0.05) is 31.2 Å². The lowest BCUT2D eigenvalue weighted by Crippen LogP contribution is -2.16. The molecule has 1 saturated heterocycles. The van der Waals surface area contributed by atoms with Crippen molar-refractivity contribution in [3.05, 3.63) is 11.6 Å². The fraction of sp³-hybridized carbons (Fsp3) is 0.571. The van der Waals surface area contributed by atoms with Crippen LogP contribution in [0.25, 0.3) is 10.6 Å².